The molecule has 2 rings (SSSR count). The van der Waals surface area contributed by atoms with Gasteiger partial charge in [-0.2, -0.15) is 9.77 Å². The second-order valence-corrected chi connectivity index (χ2v) is 3.53. The van der Waals surface area contributed by atoms with Crippen LogP contribution in [0, 0.1) is 4.77 Å². The van der Waals surface area contributed by atoms with E-state index in [2.05, 4.69) is 10.2 Å². The molecule has 2 aromatic rings. The lowest BCUT2D eigenvalue weighted by Crippen LogP contribution is -2.31. The summed E-state index contributed by atoms with van der Waals surface area (Å²) in [7, 11) is 0. The van der Waals surface area contributed by atoms with E-state index in [0.29, 0.717) is 11.3 Å². The van der Waals surface area contributed by atoms with Crippen LogP contribution in [-0.2, 0) is 0 Å². The van der Waals surface area contributed by atoms with Gasteiger partial charge in [-0.05, 0) is 18.3 Å². The average Bonchev–Trinajstić information content (AvgIpc) is 2.28. The van der Waals surface area contributed by atoms with Crippen LogP contribution in [0.2, 0.25) is 0 Å². The van der Waals surface area contributed by atoms with E-state index in [1.807, 2.05) is 0 Å². The quantitative estimate of drug-likeness (QED) is 0.374. The Morgan fingerprint density at radius 1 is 1.38 bits per heavy atom. The maximum absolute atomic E-state index is 11.8. The molecule has 5 N–H and O–H groups in total. The van der Waals surface area contributed by atoms with E-state index in [1.54, 1.807) is 24.3 Å². The van der Waals surface area contributed by atoms with Crippen LogP contribution in [0.15, 0.2) is 29.1 Å². The van der Waals surface area contributed by atoms with Crippen LogP contribution in [0.4, 0.5) is 5.69 Å². The minimum absolute atomic E-state index is 0.0586. The number of nitrogens with one attached hydrogen (secondary N) is 1. The number of hydrogen-bond acceptors (Lipinski definition) is 5. The minimum Gasteiger partial charge on any atom is -0.398 e. The molecule has 0 bridgehead atoms. The predicted octanol–water partition coefficient (Wildman–Crippen LogP) is 0.264. The molecule has 7 heteroatoms. The molecule has 0 atom stereocenters. The number of aromatic amines is 1. The molecule has 16 heavy (non-hydrogen) atoms. The maximum Gasteiger partial charge on any atom is 0.299 e. The molecule has 1 aromatic heterocycles. The normalized spacial score (nSPS) is 10.2. The Balaban J connectivity index is 2.77. The largest absolute Gasteiger partial charge is 0.398 e. The Morgan fingerprint density at radius 3 is 2.75 bits per heavy atom. The number of nitrogens with zero attached hydrogens (tertiary/aromatic N) is 2. The minimum atomic E-state index is -0.485. The Morgan fingerprint density at radius 2 is 2.06 bits per heavy atom. The number of benzene rings is 1. The molecule has 6 nitrogen and oxygen atoms in total. The molecule has 0 amide bonds. The molecular weight excluding hydrogens is 226 g/mol. The first-order chi connectivity index (χ1) is 7.61. The number of anilines is 1. The number of aromatic nitrogens is 3. The smallest absolute Gasteiger partial charge is 0.299 e. The third kappa shape index (κ3) is 1.57. The zero-order chi connectivity index (χ0) is 11.7. The molecular formula is C9H9N5OS. The van der Waals surface area contributed by atoms with Crippen LogP contribution < -0.4 is 17.1 Å². The number of nitrogens with two attached hydrogens (primary N) is 2. The first kappa shape index (κ1) is 10.4. The van der Waals surface area contributed by atoms with Gasteiger partial charge >= 0.3 is 0 Å². The van der Waals surface area contributed by atoms with Crippen molar-refractivity contribution in [1.29, 1.82) is 0 Å². The van der Waals surface area contributed by atoms with Gasteiger partial charge in [-0.25, -0.2) is 0 Å². The van der Waals surface area contributed by atoms with E-state index in [9.17, 15) is 4.79 Å². The van der Waals surface area contributed by atoms with Crippen molar-refractivity contribution in [1.82, 2.24) is 14.9 Å². The molecule has 0 aliphatic rings. The monoisotopic (exact) mass is 235 g/mol. The second kappa shape index (κ2) is 3.78. The summed E-state index contributed by atoms with van der Waals surface area (Å²) in [5.74, 6) is 5.46. The van der Waals surface area contributed by atoms with Crippen molar-refractivity contribution >= 4 is 17.9 Å². The van der Waals surface area contributed by atoms with Crippen LogP contribution >= 0.6 is 12.2 Å². The van der Waals surface area contributed by atoms with E-state index in [-0.39, 0.29) is 10.5 Å². The van der Waals surface area contributed by atoms with Gasteiger partial charge in [0.25, 0.3) is 5.56 Å². The average molecular weight is 235 g/mol. The summed E-state index contributed by atoms with van der Waals surface area (Å²) in [5.41, 5.74) is 6.39. The first-order valence-corrected chi connectivity index (χ1v) is 4.84. The highest BCUT2D eigenvalue weighted by Crippen LogP contribution is 2.19. The molecule has 1 heterocycles. The molecule has 0 fully saturated rings. The summed E-state index contributed by atoms with van der Waals surface area (Å²) >= 11 is 4.77. The van der Waals surface area contributed by atoms with Gasteiger partial charge in [0.1, 0.15) is 0 Å². The summed E-state index contributed by atoms with van der Waals surface area (Å²) in [4.78, 5) is 11.8. The summed E-state index contributed by atoms with van der Waals surface area (Å²) in [5, 5.41) is 6.33. The second-order valence-electron chi connectivity index (χ2n) is 3.14. The van der Waals surface area contributed by atoms with Gasteiger partial charge in [0.15, 0.2) is 5.69 Å². The molecule has 0 saturated carbocycles. The van der Waals surface area contributed by atoms with Crippen LogP contribution in [0.25, 0.3) is 11.3 Å². The van der Waals surface area contributed by atoms with Crippen molar-refractivity contribution in [3.63, 3.8) is 0 Å². The van der Waals surface area contributed by atoms with Crippen LogP contribution in [0.1, 0.15) is 0 Å². The molecule has 0 radical (unpaired) electrons. The maximum atomic E-state index is 11.8. The number of nitrogen functional groups attached to an aromatic ring is 2. The summed E-state index contributed by atoms with van der Waals surface area (Å²) < 4.78 is 0.882. The number of rotatable bonds is 1. The van der Waals surface area contributed by atoms with Crippen molar-refractivity contribution in [2.75, 3.05) is 11.6 Å². The number of H-pyrrole nitrogens is 1. The van der Waals surface area contributed by atoms with Gasteiger partial charge in [-0.15, -0.1) is 0 Å². The fraction of sp³-hybridized carbons (Fsp3) is 0. The highest BCUT2D eigenvalue weighted by atomic mass is 32.1. The van der Waals surface area contributed by atoms with Gasteiger partial charge in [-0.1, -0.05) is 18.2 Å². The highest BCUT2D eigenvalue weighted by Gasteiger charge is 2.10. The third-order valence-electron chi connectivity index (χ3n) is 2.12. The molecule has 82 valence electrons. The lowest BCUT2D eigenvalue weighted by Gasteiger charge is -2.04. The number of hydrogen-bond donors (Lipinski definition) is 3. The Labute approximate surface area is 95.5 Å². The van der Waals surface area contributed by atoms with Gasteiger partial charge < -0.3 is 11.6 Å². The van der Waals surface area contributed by atoms with E-state index in [4.69, 9.17) is 23.8 Å². The Hall–Kier alpha value is -2.15. The zero-order valence-electron chi connectivity index (χ0n) is 8.18. The molecule has 1 aromatic carbocycles. The van der Waals surface area contributed by atoms with Crippen molar-refractivity contribution in [3.05, 3.63) is 39.4 Å². The van der Waals surface area contributed by atoms with Crippen molar-refractivity contribution < 1.29 is 0 Å². The summed E-state index contributed by atoms with van der Waals surface area (Å²) in [6.45, 7) is 0. The van der Waals surface area contributed by atoms with Gasteiger partial charge in [-0.3, -0.25) is 9.89 Å². The summed E-state index contributed by atoms with van der Waals surface area (Å²) in [6.07, 6.45) is 0. The number of para-hydroxylation sites is 1. The van der Waals surface area contributed by atoms with Crippen LogP contribution in [-0.4, -0.2) is 14.9 Å². The molecule has 0 saturated heterocycles. The highest BCUT2D eigenvalue weighted by molar-refractivity contribution is 7.71. The van der Waals surface area contributed by atoms with Gasteiger partial charge in [0.05, 0.1) is 0 Å². The SMILES string of the molecule is Nc1ccccc1-c1n[nH]c(=S)n(N)c1=O. The predicted molar refractivity (Wildman–Crippen MR) is 63.7 cm³/mol. The fourth-order valence-electron chi connectivity index (χ4n) is 1.30. The molecule has 0 unspecified atom stereocenters. The van der Waals surface area contributed by atoms with E-state index in [1.165, 1.54) is 0 Å². The lowest BCUT2D eigenvalue weighted by atomic mass is 10.1. The zero-order valence-corrected chi connectivity index (χ0v) is 8.99. The lowest BCUT2D eigenvalue weighted by molar-refractivity contribution is 0.807. The van der Waals surface area contributed by atoms with Gasteiger partial charge in [0.2, 0.25) is 4.77 Å². The van der Waals surface area contributed by atoms with Crippen molar-refractivity contribution in [3.8, 4) is 11.3 Å². The van der Waals surface area contributed by atoms with Crippen molar-refractivity contribution in [2.45, 2.75) is 0 Å². The van der Waals surface area contributed by atoms with Crippen molar-refractivity contribution in [2.24, 2.45) is 0 Å². The Bertz CT molecular complexity index is 645. The first-order valence-electron chi connectivity index (χ1n) is 4.43. The van der Waals surface area contributed by atoms with Gasteiger partial charge in [0, 0.05) is 11.3 Å². The van der Waals surface area contributed by atoms with Crippen LogP contribution in [0.5, 0.6) is 0 Å². The molecule has 0 aliphatic carbocycles. The molecule has 0 aliphatic heterocycles. The Kier molecular flexibility index (Phi) is 2.45. The topological polar surface area (TPSA) is 103 Å². The van der Waals surface area contributed by atoms with E-state index < -0.39 is 5.56 Å². The molecule has 0 spiro atoms. The standard InChI is InChI=1S/C9H9N5OS/c10-6-4-2-1-3-5(6)7-8(15)14(11)9(16)13-12-7/h1-4H,10-11H2,(H,13,16). The van der Waals surface area contributed by atoms with E-state index >= 15 is 0 Å². The summed E-state index contributed by atoms with van der Waals surface area (Å²) in [6, 6.07) is 6.90. The fourth-order valence-corrected chi connectivity index (χ4v) is 1.43. The van der Waals surface area contributed by atoms with Crippen LogP contribution in [0.3, 0.4) is 0 Å². The van der Waals surface area contributed by atoms with E-state index in [0.717, 1.165) is 4.68 Å². The third-order valence-corrected chi connectivity index (χ3v) is 2.41.